The summed E-state index contributed by atoms with van der Waals surface area (Å²) in [5, 5.41) is 9.05. The van der Waals surface area contributed by atoms with Gasteiger partial charge in [-0.15, -0.1) is 0 Å². The van der Waals surface area contributed by atoms with Crippen molar-refractivity contribution in [3.63, 3.8) is 0 Å². The number of fused-ring (bicyclic) bond motifs is 1. The zero-order valence-electron chi connectivity index (χ0n) is 9.06. The van der Waals surface area contributed by atoms with Gasteiger partial charge in [-0.05, 0) is 5.92 Å². The lowest BCUT2D eigenvalue weighted by Crippen LogP contribution is -2.36. The lowest BCUT2D eigenvalue weighted by molar-refractivity contribution is -0.138. The summed E-state index contributed by atoms with van der Waals surface area (Å²) in [6, 6.07) is 0. The van der Waals surface area contributed by atoms with Gasteiger partial charge in [0.15, 0.2) is 4.91 Å². The van der Waals surface area contributed by atoms with E-state index in [1.54, 1.807) is 0 Å². The molecule has 1 saturated carbocycles. The molecule has 3 atom stereocenters. The Morgan fingerprint density at radius 3 is 2.59 bits per heavy atom. The third-order valence-corrected chi connectivity index (χ3v) is 4.34. The van der Waals surface area contributed by atoms with Gasteiger partial charge in [-0.25, -0.2) is 4.79 Å². The largest absolute Gasteiger partial charge is 0.588 e. The number of hydrogen-bond donors (Lipinski definition) is 2. The molecule has 1 fully saturated rings. The molecular weight excluding hydrogens is 246 g/mol. The molecule has 0 saturated heterocycles. The van der Waals surface area contributed by atoms with Crippen LogP contribution in [0.25, 0.3) is 0 Å². The summed E-state index contributed by atoms with van der Waals surface area (Å²) in [4.78, 5) is 33.4. The van der Waals surface area contributed by atoms with E-state index in [0.29, 0.717) is 12.8 Å². The normalized spacial score (nSPS) is 28.5. The molecular formula is C10H11NO5S. The molecule has 0 aliphatic heterocycles. The van der Waals surface area contributed by atoms with E-state index in [9.17, 15) is 18.9 Å². The van der Waals surface area contributed by atoms with Gasteiger partial charge < -0.3 is 9.66 Å². The summed E-state index contributed by atoms with van der Waals surface area (Å²) < 4.78 is 13.9. The summed E-state index contributed by atoms with van der Waals surface area (Å²) in [6.07, 6.45) is 0.646. The van der Waals surface area contributed by atoms with Crippen LogP contribution >= 0.6 is 0 Å². The van der Waals surface area contributed by atoms with Crippen molar-refractivity contribution in [2.75, 3.05) is 0 Å². The smallest absolute Gasteiger partial charge is 0.337 e. The van der Waals surface area contributed by atoms with Gasteiger partial charge in [0.05, 0.1) is 5.92 Å². The van der Waals surface area contributed by atoms with Crippen molar-refractivity contribution in [3.8, 4) is 0 Å². The number of nitrogens with one attached hydrogen (secondary N) is 1. The Morgan fingerprint density at radius 2 is 2.12 bits per heavy atom. The monoisotopic (exact) mass is 257 g/mol. The number of carboxylic acid groups (broad SMARTS) is 1. The SMILES string of the molecule is CC(=O)N[S+]([O-])C1=C(C(=O)O)C2C(=O)CC2C1. The van der Waals surface area contributed by atoms with Crippen molar-refractivity contribution in [1.29, 1.82) is 0 Å². The molecule has 0 aromatic heterocycles. The molecule has 2 rings (SSSR count). The summed E-state index contributed by atoms with van der Waals surface area (Å²) in [5.74, 6) is -2.52. The lowest BCUT2D eigenvalue weighted by atomic mass is 9.72. The molecule has 1 amide bonds. The van der Waals surface area contributed by atoms with E-state index >= 15 is 0 Å². The predicted molar refractivity (Wildman–Crippen MR) is 57.8 cm³/mol. The van der Waals surface area contributed by atoms with Crippen molar-refractivity contribution in [2.45, 2.75) is 19.8 Å². The molecule has 17 heavy (non-hydrogen) atoms. The lowest BCUT2D eigenvalue weighted by Gasteiger charge is -2.28. The van der Waals surface area contributed by atoms with Crippen LogP contribution in [0, 0.1) is 11.8 Å². The maximum atomic E-state index is 11.7. The second-order valence-electron chi connectivity index (χ2n) is 4.18. The van der Waals surface area contributed by atoms with Gasteiger partial charge in [-0.2, -0.15) is 4.72 Å². The number of Topliss-reactive ketones (excluding diaryl/α,β-unsaturated/α-hetero) is 1. The average molecular weight is 257 g/mol. The van der Waals surface area contributed by atoms with Crippen LogP contribution in [0.4, 0.5) is 0 Å². The Labute approximate surface area is 100 Å². The first-order valence-corrected chi connectivity index (χ1v) is 6.25. The predicted octanol–water partition coefficient (Wildman–Crippen LogP) is -0.266. The minimum atomic E-state index is -1.85. The van der Waals surface area contributed by atoms with Crippen LogP contribution in [-0.4, -0.2) is 27.3 Å². The van der Waals surface area contributed by atoms with Crippen LogP contribution in [0.1, 0.15) is 19.8 Å². The highest BCUT2D eigenvalue weighted by atomic mass is 32.2. The second-order valence-corrected chi connectivity index (χ2v) is 5.42. The van der Waals surface area contributed by atoms with Gasteiger partial charge in [0.2, 0.25) is 0 Å². The van der Waals surface area contributed by atoms with Gasteiger partial charge in [0, 0.05) is 19.8 Å². The third-order valence-electron chi connectivity index (χ3n) is 3.03. The van der Waals surface area contributed by atoms with E-state index in [2.05, 4.69) is 4.72 Å². The minimum absolute atomic E-state index is 0.0543. The molecule has 0 radical (unpaired) electrons. The topological polar surface area (TPSA) is 107 Å². The summed E-state index contributed by atoms with van der Waals surface area (Å²) in [6.45, 7) is 1.20. The number of aliphatic carboxylic acids is 1. The van der Waals surface area contributed by atoms with Crippen LogP contribution in [0.15, 0.2) is 10.5 Å². The molecule has 6 nitrogen and oxygen atoms in total. The molecule has 0 spiro atoms. The highest BCUT2D eigenvalue weighted by Crippen LogP contribution is 2.49. The van der Waals surface area contributed by atoms with Crippen LogP contribution < -0.4 is 4.72 Å². The quantitative estimate of drug-likeness (QED) is 0.677. The zero-order chi connectivity index (χ0) is 12.7. The van der Waals surface area contributed by atoms with Crippen molar-refractivity contribution in [2.24, 2.45) is 11.8 Å². The van der Waals surface area contributed by atoms with Crippen molar-refractivity contribution in [3.05, 3.63) is 10.5 Å². The van der Waals surface area contributed by atoms with E-state index in [0.717, 1.165) is 0 Å². The van der Waals surface area contributed by atoms with Crippen LogP contribution in [0.3, 0.4) is 0 Å². The maximum absolute atomic E-state index is 11.7. The van der Waals surface area contributed by atoms with Gasteiger partial charge in [-0.1, -0.05) is 0 Å². The molecule has 92 valence electrons. The van der Waals surface area contributed by atoms with Gasteiger partial charge >= 0.3 is 5.97 Å². The number of amides is 1. The van der Waals surface area contributed by atoms with Crippen LogP contribution in [0.2, 0.25) is 0 Å². The Bertz CT molecular complexity index is 444. The first-order valence-electron chi connectivity index (χ1n) is 5.10. The maximum Gasteiger partial charge on any atom is 0.337 e. The Morgan fingerprint density at radius 1 is 1.47 bits per heavy atom. The zero-order valence-corrected chi connectivity index (χ0v) is 9.87. The molecule has 0 bridgehead atoms. The fourth-order valence-corrected chi connectivity index (χ4v) is 3.50. The highest BCUT2D eigenvalue weighted by Gasteiger charge is 2.54. The average Bonchev–Trinajstić information content (AvgIpc) is 2.50. The fraction of sp³-hybridized carbons (Fsp3) is 0.500. The van der Waals surface area contributed by atoms with E-state index in [-0.39, 0.29) is 22.2 Å². The van der Waals surface area contributed by atoms with Gasteiger partial charge in [0.25, 0.3) is 5.91 Å². The van der Waals surface area contributed by atoms with Crippen molar-refractivity contribution >= 4 is 29.0 Å². The molecule has 2 N–H and O–H groups in total. The third kappa shape index (κ3) is 1.96. The summed E-state index contributed by atoms with van der Waals surface area (Å²) in [5.41, 5.74) is -0.0849. The van der Waals surface area contributed by atoms with Crippen LogP contribution in [0.5, 0.6) is 0 Å². The van der Waals surface area contributed by atoms with Crippen molar-refractivity contribution < 1.29 is 24.0 Å². The van der Waals surface area contributed by atoms with E-state index < -0.39 is 29.2 Å². The fourth-order valence-electron chi connectivity index (χ4n) is 2.33. The standard InChI is InChI=1S/C10H11NO5S/c1-4(12)11-17(16)7-3-5-2-6(13)8(5)9(7)10(14)15/h5,8H,2-3H2,1H3,(H,11,12)(H,14,15). The molecule has 0 aromatic carbocycles. The molecule has 3 unspecified atom stereocenters. The number of carbonyl (C=O) groups excluding carboxylic acids is 2. The van der Waals surface area contributed by atoms with Crippen molar-refractivity contribution in [1.82, 2.24) is 4.72 Å². The number of ketones is 1. The molecule has 0 aromatic rings. The van der Waals surface area contributed by atoms with E-state index in [4.69, 9.17) is 5.11 Å². The Balaban J connectivity index is 2.28. The highest BCUT2D eigenvalue weighted by molar-refractivity contribution is 7.94. The van der Waals surface area contributed by atoms with Crippen LogP contribution in [-0.2, 0) is 25.7 Å². The number of carboxylic acids is 1. The summed E-state index contributed by atoms with van der Waals surface area (Å²) >= 11 is -1.85. The van der Waals surface area contributed by atoms with E-state index in [1.807, 2.05) is 0 Å². The molecule has 2 aliphatic rings. The number of hydrogen-bond acceptors (Lipinski definition) is 4. The second kappa shape index (κ2) is 4.15. The molecule has 2 aliphatic carbocycles. The minimum Gasteiger partial charge on any atom is -0.588 e. The Kier molecular flexibility index (Phi) is 2.96. The number of carbonyl (C=O) groups is 3. The first-order chi connectivity index (χ1) is 7.91. The number of allylic oxidation sites excluding steroid dienone is 1. The molecule has 0 heterocycles. The molecule has 7 heteroatoms. The van der Waals surface area contributed by atoms with Gasteiger partial charge in [-0.3, -0.25) is 9.59 Å². The summed E-state index contributed by atoms with van der Waals surface area (Å²) in [7, 11) is 0. The first kappa shape index (κ1) is 12.1. The van der Waals surface area contributed by atoms with E-state index in [1.165, 1.54) is 6.92 Å². The van der Waals surface area contributed by atoms with Gasteiger partial charge in [0.1, 0.15) is 22.7 Å². The Hall–Kier alpha value is -1.34. The number of rotatable bonds is 3.